The Morgan fingerprint density at radius 2 is 2.25 bits per heavy atom. The van der Waals surface area contributed by atoms with E-state index in [1.54, 1.807) is 6.92 Å². The van der Waals surface area contributed by atoms with Gasteiger partial charge in [-0.25, -0.2) is 0 Å². The van der Waals surface area contributed by atoms with E-state index < -0.39 is 0 Å². The smallest absolute Gasteiger partial charge is 0.134 e. The molecule has 12 heavy (non-hydrogen) atoms. The highest BCUT2D eigenvalue weighted by Gasteiger charge is 2.31. The van der Waals surface area contributed by atoms with Crippen LogP contribution in [0.15, 0.2) is 0 Å². The third-order valence-electron chi connectivity index (χ3n) is 2.66. The number of carbonyl (C=O) groups is 1. The van der Waals surface area contributed by atoms with E-state index in [1.807, 2.05) is 0 Å². The number of alkyl halides is 1. The van der Waals surface area contributed by atoms with Gasteiger partial charge in [0, 0.05) is 17.9 Å². The minimum atomic E-state index is -0.0617. The molecule has 0 aromatic rings. The molecule has 70 valence electrons. The molecule has 0 spiro atoms. The summed E-state index contributed by atoms with van der Waals surface area (Å²) < 4.78 is 0. The van der Waals surface area contributed by atoms with Gasteiger partial charge < -0.3 is 5.11 Å². The Labute approximate surface area is 77.9 Å². The largest absolute Gasteiger partial charge is 0.396 e. The summed E-state index contributed by atoms with van der Waals surface area (Å²) in [5.41, 5.74) is 0. The number of hydrogen-bond donors (Lipinski definition) is 1. The maximum atomic E-state index is 11.1. The summed E-state index contributed by atoms with van der Waals surface area (Å²) >= 11 is 6.02. The molecule has 3 atom stereocenters. The van der Waals surface area contributed by atoms with Gasteiger partial charge in [-0.3, -0.25) is 4.79 Å². The van der Waals surface area contributed by atoms with E-state index in [1.165, 1.54) is 0 Å². The number of Topliss-reactive ketones (excluding diaryl/α,β-unsaturated/α-hetero) is 1. The Morgan fingerprint density at radius 1 is 1.58 bits per heavy atom. The maximum absolute atomic E-state index is 11.1. The standard InChI is InChI=1S/C9H15ClO2/c1-6(12)8-3-2-7(5-11)4-9(8)10/h7-9,11H,2-5H2,1H3/t7?,8-,9-/m1/s1. The molecule has 0 heterocycles. The van der Waals surface area contributed by atoms with Gasteiger partial charge in [-0.2, -0.15) is 0 Å². The summed E-state index contributed by atoms with van der Waals surface area (Å²) in [6.07, 6.45) is 2.56. The lowest BCUT2D eigenvalue weighted by molar-refractivity contribution is -0.121. The van der Waals surface area contributed by atoms with Crippen molar-refractivity contribution in [3.63, 3.8) is 0 Å². The lowest BCUT2D eigenvalue weighted by Crippen LogP contribution is -2.31. The van der Waals surface area contributed by atoms with Crippen molar-refractivity contribution >= 4 is 17.4 Å². The molecule has 1 N–H and O–H groups in total. The molecule has 3 heteroatoms. The van der Waals surface area contributed by atoms with Gasteiger partial charge in [-0.15, -0.1) is 11.6 Å². The molecule has 1 rings (SSSR count). The van der Waals surface area contributed by atoms with Crippen LogP contribution in [0.25, 0.3) is 0 Å². The van der Waals surface area contributed by atoms with E-state index >= 15 is 0 Å². The first-order chi connectivity index (χ1) is 5.65. The van der Waals surface area contributed by atoms with Crippen molar-refractivity contribution in [3.05, 3.63) is 0 Å². The van der Waals surface area contributed by atoms with Crippen LogP contribution < -0.4 is 0 Å². The first-order valence-corrected chi connectivity index (χ1v) is 4.84. The lowest BCUT2D eigenvalue weighted by atomic mass is 9.80. The van der Waals surface area contributed by atoms with Crippen molar-refractivity contribution in [2.45, 2.75) is 31.6 Å². The van der Waals surface area contributed by atoms with Crippen molar-refractivity contribution < 1.29 is 9.90 Å². The van der Waals surface area contributed by atoms with Gasteiger partial charge in [0.1, 0.15) is 5.78 Å². The van der Waals surface area contributed by atoms with Crippen LogP contribution in [-0.4, -0.2) is 22.9 Å². The third kappa shape index (κ3) is 2.20. The van der Waals surface area contributed by atoms with Crippen LogP contribution in [0.1, 0.15) is 26.2 Å². The molecule has 1 aliphatic rings. The minimum absolute atomic E-state index is 0.0227. The predicted molar refractivity (Wildman–Crippen MR) is 48.2 cm³/mol. The van der Waals surface area contributed by atoms with Crippen molar-refractivity contribution in [3.8, 4) is 0 Å². The van der Waals surface area contributed by atoms with Crippen LogP contribution in [0.4, 0.5) is 0 Å². The fourth-order valence-corrected chi connectivity index (χ4v) is 2.38. The molecule has 1 unspecified atom stereocenters. The summed E-state index contributed by atoms with van der Waals surface area (Å²) in [5, 5.41) is 8.83. The second-order valence-corrected chi connectivity index (χ2v) is 4.16. The van der Waals surface area contributed by atoms with E-state index in [-0.39, 0.29) is 23.7 Å². The number of rotatable bonds is 2. The number of carbonyl (C=O) groups excluding carboxylic acids is 1. The van der Waals surface area contributed by atoms with Crippen LogP contribution >= 0.6 is 11.6 Å². The van der Waals surface area contributed by atoms with E-state index in [0.717, 1.165) is 19.3 Å². The first-order valence-electron chi connectivity index (χ1n) is 4.40. The maximum Gasteiger partial charge on any atom is 0.134 e. The van der Waals surface area contributed by atoms with Crippen molar-refractivity contribution in [1.82, 2.24) is 0 Å². The molecule has 1 saturated carbocycles. The second-order valence-electron chi connectivity index (χ2n) is 3.59. The highest BCUT2D eigenvalue weighted by Crippen LogP contribution is 2.32. The predicted octanol–water partition coefficient (Wildman–Crippen LogP) is 1.59. The highest BCUT2D eigenvalue weighted by atomic mass is 35.5. The van der Waals surface area contributed by atoms with Crippen LogP contribution in [-0.2, 0) is 4.79 Å². The van der Waals surface area contributed by atoms with E-state index in [2.05, 4.69) is 0 Å². The monoisotopic (exact) mass is 190 g/mol. The summed E-state index contributed by atoms with van der Waals surface area (Å²) in [7, 11) is 0. The van der Waals surface area contributed by atoms with Gasteiger partial charge in [0.2, 0.25) is 0 Å². The molecule has 2 nitrogen and oxygen atoms in total. The van der Waals surface area contributed by atoms with Gasteiger partial charge in [-0.1, -0.05) is 0 Å². The summed E-state index contributed by atoms with van der Waals surface area (Å²) in [6.45, 7) is 1.80. The SMILES string of the molecule is CC(=O)[C@H]1CCC(CO)C[C@H]1Cl. The molecule has 0 radical (unpaired) electrons. The molecule has 1 fully saturated rings. The summed E-state index contributed by atoms with van der Waals surface area (Å²) in [6, 6.07) is 0. The molecule has 0 aromatic heterocycles. The Morgan fingerprint density at radius 3 is 2.67 bits per heavy atom. The zero-order valence-electron chi connectivity index (χ0n) is 7.29. The quantitative estimate of drug-likeness (QED) is 0.672. The lowest BCUT2D eigenvalue weighted by Gasteiger charge is -2.30. The number of hydrogen-bond acceptors (Lipinski definition) is 2. The van der Waals surface area contributed by atoms with Gasteiger partial charge in [0.15, 0.2) is 0 Å². The molecular weight excluding hydrogens is 176 g/mol. The molecule has 1 aliphatic carbocycles. The molecule has 0 aromatic carbocycles. The van der Waals surface area contributed by atoms with Crippen LogP contribution in [0.3, 0.4) is 0 Å². The first kappa shape index (κ1) is 10.0. The summed E-state index contributed by atoms with van der Waals surface area (Å²) in [4.78, 5) is 11.1. The van der Waals surface area contributed by atoms with Crippen LogP contribution in [0.5, 0.6) is 0 Å². The zero-order chi connectivity index (χ0) is 9.14. The van der Waals surface area contributed by atoms with Gasteiger partial charge in [0.05, 0.1) is 0 Å². The molecule has 0 bridgehead atoms. The fraction of sp³-hybridized carbons (Fsp3) is 0.889. The number of halogens is 1. The van der Waals surface area contributed by atoms with Gasteiger partial charge in [-0.05, 0) is 32.1 Å². The fourth-order valence-electron chi connectivity index (χ4n) is 1.82. The molecular formula is C9H15ClO2. The van der Waals surface area contributed by atoms with Crippen molar-refractivity contribution in [1.29, 1.82) is 0 Å². The average molecular weight is 191 g/mol. The Balaban J connectivity index is 2.47. The van der Waals surface area contributed by atoms with Gasteiger partial charge >= 0.3 is 0 Å². The highest BCUT2D eigenvalue weighted by molar-refractivity contribution is 6.22. The zero-order valence-corrected chi connectivity index (χ0v) is 8.05. The topological polar surface area (TPSA) is 37.3 Å². The van der Waals surface area contributed by atoms with Crippen LogP contribution in [0.2, 0.25) is 0 Å². The third-order valence-corrected chi connectivity index (χ3v) is 3.14. The molecule has 0 saturated heterocycles. The van der Waals surface area contributed by atoms with Crippen molar-refractivity contribution in [2.24, 2.45) is 11.8 Å². The average Bonchev–Trinajstić information content (AvgIpc) is 2.03. The normalized spacial score (nSPS) is 36.4. The minimum Gasteiger partial charge on any atom is -0.396 e. The van der Waals surface area contributed by atoms with Crippen LogP contribution in [0, 0.1) is 11.8 Å². The molecule has 0 aliphatic heterocycles. The summed E-state index contributed by atoms with van der Waals surface area (Å²) in [5.74, 6) is 0.518. The van der Waals surface area contributed by atoms with Gasteiger partial charge in [0.25, 0.3) is 0 Å². The van der Waals surface area contributed by atoms with E-state index in [4.69, 9.17) is 16.7 Å². The second kappa shape index (κ2) is 4.24. The Hall–Kier alpha value is -0.0800. The molecule has 0 amide bonds. The number of aliphatic hydroxyl groups excluding tert-OH is 1. The Bertz CT molecular complexity index is 170. The number of ketones is 1. The Kier molecular flexibility index (Phi) is 3.53. The van der Waals surface area contributed by atoms with Crippen molar-refractivity contribution in [2.75, 3.05) is 6.61 Å². The van der Waals surface area contributed by atoms with E-state index in [9.17, 15) is 4.79 Å². The number of aliphatic hydroxyl groups is 1. The van der Waals surface area contributed by atoms with E-state index in [0.29, 0.717) is 5.92 Å².